The van der Waals surface area contributed by atoms with Crippen LogP contribution in [-0.4, -0.2) is 35.3 Å². The lowest BCUT2D eigenvalue weighted by Gasteiger charge is -2.40. The van der Waals surface area contributed by atoms with E-state index >= 15 is 0 Å². The molecule has 2 amide bonds. The van der Waals surface area contributed by atoms with Crippen LogP contribution < -0.4 is 5.32 Å². The van der Waals surface area contributed by atoms with Gasteiger partial charge in [0.05, 0.1) is 6.54 Å². The van der Waals surface area contributed by atoms with Gasteiger partial charge in [0, 0.05) is 6.04 Å². The van der Waals surface area contributed by atoms with E-state index in [-0.39, 0.29) is 24.4 Å². The van der Waals surface area contributed by atoms with Crippen molar-refractivity contribution in [3.05, 3.63) is 0 Å². The van der Waals surface area contributed by atoms with Crippen LogP contribution in [0.5, 0.6) is 0 Å². The zero-order chi connectivity index (χ0) is 13.1. The van der Waals surface area contributed by atoms with Crippen molar-refractivity contribution in [1.82, 2.24) is 10.2 Å². The molecular formula is C14H24N2O2. The molecule has 2 rings (SSSR count). The summed E-state index contributed by atoms with van der Waals surface area (Å²) in [7, 11) is 0. The molecule has 4 heteroatoms. The molecule has 1 aliphatic carbocycles. The highest BCUT2D eigenvalue weighted by Gasteiger charge is 2.36. The van der Waals surface area contributed by atoms with E-state index in [0.717, 1.165) is 18.8 Å². The SMILES string of the molecule is CCC1CCC(N2CC(=O)NC(CC)C2=O)CC1. The van der Waals surface area contributed by atoms with Crippen molar-refractivity contribution < 1.29 is 9.59 Å². The number of nitrogens with one attached hydrogen (secondary N) is 1. The quantitative estimate of drug-likeness (QED) is 0.831. The first kappa shape index (κ1) is 13.4. The molecule has 0 aromatic heterocycles. The molecule has 1 unspecified atom stereocenters. The van der Waals surface area contributed by atoms with Crippen LogP contribution >= 0.6 is 0 Å². The topological polar surface area (TPSA) is 49.4 Å². The Balaban J connectivity index is 1.99. The standard InChI is InChI=1S/C14H24N2O2/c1-3-10-5-7-11(8-6-10)16-9-13(17)15-12(4-2)14(16)18/h10-12H,3-9H2,1-2H3,(H,15,17). The maximum absolute atomic E-state index is 12.3. The Morgan fingerprint density at radius 2 is 1.78 bits per heavy atom. The predicted molar refractivity (Wildman–Crippen MR) is 70.0 cm³/mol. The molecule has 1 heterocycles. The third kappa shape index (κ3) is 2.68. The summed E-state index contributed by atoms with van der Waals surface area (Å²) in [6.45, 7) is 4.44. The molecule has 102 valence electrons. The maximum atomic E-state index is 12.3. The van der Waals surface area contributed by atoms with Crippen molar-refractivity contribution in [1.29, 1.82) is 0 Å². The van der Waals surface area contributed by atoms with Gasteiger partial charge in [-0.3, -0.25) is 9.59 Å². The molecule has 4 nitrogen and oxygen atoms in total. The summed E-state index contributed by atoms with van der Waals surface area (Å²) in [6, 6.07) is -0.00412. The van der Waals surface area contributed by atoms with E-state index in [0.29, 0.717) is 12.5 Å². The van der Waals surface area contributed by atoms with Gasteiger partial charge in [-0.2, -0.15) is 0 Å². The fraction of sp³-hybridized carbons (Fsp3) is 0.857. The van der Waals surface area contributed by atoms with Crippen LogP contribution in [0.1, 0.15) is 52.4 Å². The van der Waals surface area contributed by atoms with Crippen LogP contribution in [0.25, 0.3) is 0 Å². The number of hydrogen-bond acceptors (Lipinski definition) is 2. The number of nitrogens with zero attached hydrogens (tertiary/aromatic N) is 1. The number of carbonyl (C=O) groups excluding carboxylic acids is 2. The molecule has 0 bridgehead atoms. The highest BCUT2D eigenvalue weighted by atomic mass is 16.2. The largest absolute Gasteiger partial charge is 0.343 e. The van der Waals surface area contributed by atoms with E-state index in [1.807, 2.05) is 11.8 Å². The van der Waals surface area contributed by atoms with Gasteiger partial charge in [0.15, 0.2) is 0 Å². The monoisotopic (exact) mass is 252 g/mol. The van der Waals surface area contributed by atoms with Gasteiger partial charge in [0.25, 0.3) is 0 Å². The molecule has 0 aromatic rings. The Labute approximate surface area is 109 Å². The van der Waals surface area contributed by atoms with Crippen molar-refractivity contribution >= 4 is 11.8 Å². The summed E-state index contributed by atoms with van der Waals surface area (Å²) in [5.41, 5.74) is 0. The minimum atomic E-state index is -0.296. The van der Waals surface area contributed by atoms with E-state index in [9.17, 15) is 9.59 Å². The summed E-state index contributed by atoms with van der Waals surface area (Å²) in [4.78, 5) is 25.7. The summed E-state index contributed by atoms with van der Waals surface area (Å²) >= 11 is 0. The van der Waals surface area contributed by atoms with Crippen molar-refractivity contribution in [2.45, 2.75) is 64.5 Å². The molecule has 2 fully saturated rings. The summed E-state index contributed by atoms with van der Waals surface area (Å²) in [5.74, 6) is 0.938. The summed E-state index contributed by atoms with van der Waals surface area (Å²) in [6.07, 6.45) is 6.44. The Morgan fingerprint density at radius 3 is 2.33 bits per heavy atom. The minimum absolute atomic E-state index is 0.000866. The molecule has 1 N–H and O–H groups in total. The van der Waals surface area contributed by atoms with Crippen molar-refractivity contribution in [2.24, 2.45) is 5.92 Å². The molecule has 0 aromatic carbocycles. The molecule has 1 saturated carbocycles. The van der Waals surface area contributed by atoms with Crippen LogP contribution in [0.15, 0.2) is 0 Å². The fourth-order valence-electron chi connectivity index (χ4n) is 3.19. The number of piperazine rings is 1. The van der Waals surface area contributed by atoms with Gasteiger partial charge in [0.2, 0.25) is 11.8 Å². The smallest absolute Gasteiger partial charge is 0.245 e. The number of carbonyl (C=O) groups is 2. The van der Waals surface area contributed by atoms with E-state index in [4.69, 9.17) is 0 Å². The number of amides is 2. The Hall–Kier alpha value is -1.06. The van der Waals surface area contributed by atoms with Crippen LogP contribution in [-0.2, 0) is 9.59 Å². The van der Waals surface area contributed by atoms with Gasteiger partial charge in [-0.1, -0.05) is 20.3 Å². The molecule has 0 radical (unpaired) electrons. The molecular weight excluding hydrogens is 228 g/mol. The summed E-state index contributed by atoms with van der Waals surface area (Å²) < 4.78 is 0. The van der Waals surface area contributed by atoms with E-state index in [1.165, 1.54) is 19.3 Å². The highest BCUT2D eigenvalue weighted by Crippen LogP contribution is 2.30. The van der Waals surface area contributed by atoms with Gasteiger partial charge < -0.3 is 10.2 Å². The van der Waals surface area contributed by atoms with E-state index in [1.54, 1.807) is 0 Å². The van der Waals surface area contributed by atoms with Crippen molar-refractivity contribution in [3.8, 4) is 0 Å². The van der Waals surface area contributed by atoms with Crippen LogP contribution in [0.2, 0.25) is 0 Å². The average molecular weight is 252 g/mol. The first-order chi connectivity index (χ1) is 8.65. The number of rotatable bonds is 3. The van der Waals surface area contributed by atoms with Gasteiger partial charge in [-0.15, -0.1) is 0 Å². The van der Waals surface area contributed by atoms with Crippen LogP contribution in [0.3, 0.4) is 0 Å². The highest BCUT2D eigenvalue weighted by molar-refractivity contribution is 5.94. The third-order valence-corrected chi connectivity index (χ3v) is 4.47. The number of hydrogen-bond donors (Lipinski definition) is 1. The maximum Gasteiger partial charge on any atom is 0.245 e. The first-order valence-corrected chi connectivity index (χ1v) is 7.25. The lowest BCUT2D eigenvalue weighted by molar-refractivity contribution is -0.147. The molecule has 2 aliphatic rings. The van der Waals surface area contributed by atoms with Crippen molar-refractivity contribution in [3.63, 3.8) is 0 Å². The second kappa shape index (κ2) is 5.72. The second-order valence-electron chi connectivity index (χ2n) is 5.58. The Morgan fingerprint density at radius 1 is 1.11 bits per heavy atom. The predicted octanol–water partition coefficient (Wildman–Crippen LogP) is 1.69. The first-order valence-electron chi connectivity index (χ1n) is 7.25. The lowest BCUT2D eigenvalue weighted by atomic mass is 9.83. The normalized spacial score (nSPS) is 33.4. The molecule has 1 atom stereocenters. The third-order valence-electron chi connectivity index (χ3n) is 4.47. The van der Waals surface area contributed by atoms with E-state index in [2.05, 4.69) is 12.2 Å². The Kier molecular flexibility index (Phi) is 4.25. The molecule has 0 spiro atoms. The average Bonchev–Trinajstić information content (AvgIpc) is 2.41. The fourth-order valence-corrected chi connectivity index (χ4v) is 3.19. The van der Waals surface area contributed by atoms with Crippen molar-refractivity contribution in [2.75, 3.05) is 6.54 Å². The summed E-state index contributed by atoms with van der Waals surface area (Å²) in [5, 5.41) is 2.77. The lowest BCUT2D eigenvalue weighted by Crippen LogP contribution is -2.60. The Bertz CT molecular complexity index is 322. The molecule has 18 heavy (non-hydrogen) atoms. The van der Waals surface area contributed by atoms with Gasteiger partial charge in [0.1, 0.15) is 6.04 Å². The van der Waals surface area contributed by atoms with Crippen LogP contribution in [0, 0.1) is 5.92 Å². The molecule has 1 aliphatic heterocycles. The van der Waals surface area contributed by atoms with Gasteiger partial charge in [-0.05, 0) is 38.0 Å². The zero-order valence-corrected chi connectivity index (χ0v) is 11.4. The second-order valence-corrected chi connectivity index (χ2v) is 5.58. The van der Waals surface area contributed by atoms with E-state index < -0.39 is 0 Å². The zero-order valence-electron chi connectivity index (χ0n) is 11.4. The van der Waals surface area contributed by atoms with Crippen LogP contribution in [0.4, 0.5) is 0 Å². The van der Waals surface area contributed by atoms with Gasteiger partial charge >= 0.3 is 0 Å². The molecule has 1 saturated heterocycles. The van der Waals surface area contributed by atoms with Gasteiger partial charge in [-0.25, -0.2) is 0 Å². The minimum Gasteiger partial charge on any atom is -0.343 e.